The molecule has 1 aliphatic carbocycles. The van der Waals surface area contributed by atoms with Crippen LogP contribution in [0.5, 0.6) is 0 Å². The van der Waals surface area contributed by atoms with Gasteiger partial charge in [-0.15, -0.1) is 0 Å². The van der Waals surface area contributed by atoms with Gasteiger partial charge in [0, 0.05) is 16.9 Å². The fourth-order valence-corrected chi connectivity index (χ4v) is 4.77. The van der Waals surface area contributed by atoms with Crippen molar-refractivity contribution in [1.82, 2.24) is 0 Å². The van der Waals surface area contributed by atoms with E-state index in [1.165, 1.54) is 5.56 Å². The van der Waals surface area contributed by atoms with Crippen LogP contribution < -0.4 is 17.2 Å². The van der Waals surface area contributed by atoms with E-state index >= 15 is 0 Å². The Labute approximate surface area is 201 Å². The Balaban J connectivity index is 1.61. The number of nitrogens with two attached hydrogens (primary N) is 3. The van der Waals surface area contributed by atoms with Crippen molar-refractivity contribution in [3.63, 3.8) is 0 Å². The number of anilines is 2. The average molecular weight is 444 g/mol. The van der Waals surface area contributed by atoms with Crippen LogP contribution >= 0.6 is 0 Å². The fourth-order valence-electron chi connectivity index (χ4n) is 4.77. The van der Waals surface area contributed by atoms with Gasteiger partial charge in [-0.25, -0.2) is 0 Å². The van der Waals surface area contributed by atoms with Crippen molar-refractivity contribution in [3.05, 3.63) is 126 Å². The minimum Gasteiger partial charge on any atom is -0.399 e. The van der Waals surface area contributed by atoms with E-state index < -0.39 is 5.54 Å². The molecule has 0 saturated carbocycles. The lowest BCUT2D eigenvalue weighted by Crippen LogP contribution is -2.36. The van der Waals surface area contributed by atoms with E-state index in [4.69, 9.17) is 17.2 Å². The first kappa shape index (κ1) is 21.7. The maximum atomic E-state index is 6.99. The second-order valence-electron chi connectivity index (χ2n) is 8.99. The Morgan fingerprint density at radius 1 is 0.706 bits per heavy atom. The topological polar surface area (TPSA) is 78.1 Å². The first-order chi connectivity index (χ1) is 16.5. The van der Waals surface area contributed by atoms with E-state index in [9.17, 15) is 0 Å². The van der Waals surface area contributed by atoms with Crippen LogP contribution in [0, 0.1) is 6.92 Å². The highest BCUT2D eigenvalue weighted by atomic mass is 14.8. The third-order valence-electron chi connectivity index (χ3n) is 6.71. The normalized spacial score (nSPS) is 17.4. The van der Waals surface area contributed by atoms with Gasteiger partial charge in [-0.1, -0.05) is 97.1 Å². The Bertz CT molecular complexity index is 1400. The Hall–Kier alpha value is -4.08. The molecule has 0 amide bonds. The van der Waals surface area contributed by atoms with E-state index in [-0.39, 0.29) is 0 Å². The molecule has 4 aromatic carbocycles. The predicted molar refractivity (Wildman–Crippen MR) is 145 cm³/mol. The number of nitrogen functional groups attached to an aromatic ring is 2. The molecule has 0 aromatic heterocycles. The summed E-state index contributed by atoms with van der Waals surface area (Å²) < 4.78 is 0. The molecule has 5 rings (SSSR count). The number of hydrogen-bond acceptors (Lipinski definition) is 3. The van der Waals surface area contributed by atoms with Crippen LogP contribution in [-0.2, 0) is 5.54 Å². The molecule has 0 heterocycles. The smallest absolute Gasteiger partial charge is 0.0654 e. The molecular formula is C31H29N3. The average Bonchev–Trinajstić information content (AvgIpc) is 2.86. The van der Waals surface area contributed by atoms with Crippen molar-refractivity contribution in [2.24, 2.45) is 5.73 Å². The molecular weight excluding hydrogens is 414 g/mol. The van der Waals surface area contributed by atoms with Crippen molar-refractivity contribution in [2.75, 3.05) is 11.5 Å². The van der Waals surface area contributed by atoms with Gasteiger partial charge in [0.25, 0.3) is 0 Å². The molecule has 0 saturated heterocycles. The van der Waals surface area contributed by atoms with Crippen LogP contribution in [0.4, 0.5) is 11.4 Å². The number of allylic oxidation sites excluding steroid dienone is 2. The lowest BCUT2D eigenvalue weighted by molar-refractivity contribution is 0.569. The molecule has 1 unspecified atom stereocenters. The van der Waals surface area contributed by atoms with Crippen LogP contribution in [0.3, 0.4) is 0 Å². The van der Waals surface area contributed by atoms with Crippen LogP contribution in [0.25, 0.3) is 27.8 Å². The van der Waals surface area contributed by atoms with Gasteiger partial charge in [0.15, 0.2) is 0 Å². The van der Waals surface area contributed by atoms with Gasteiger partial charge in [0.05, 0.1) is 5.54 Å². The van der Waals surface area contributed by atoms with Crippen molar-refractivity contribution >= 4 is 16.9 Å². The van der Waals surface area contributed by atoms with Gasteiger partial charge in [0.1, 0.15) is 0 Å². The number of hydrogen-bond donors (Lipinski definition) is 3. The standard InChI is InChI=1S/C31H29N3/c1-21-7-5-6-10-26(21)29-27(24-8-3-2-4-9-24)15-16-28(30(29)33)31(34)19-17-23(18-20-31)22-11-13-25(32)14-12-22/h2-19H,20,32-34H2,1H3. The van der Waals surface area contributed by atoms with Crippen LogP contribution in [-0.4, -0.2) is 0 Å². The van der Waals surface area contributed by atoms with Crippen molar-refractivity contribution in [1.29, 1.82) is 0 Å². The molecule has 1 atom stereocenters. The van der Waals surface area contributed by atoms with E-state index in [0.29, 0.717) is 6.42 Å². The highest BCUT2D eigenvalue weighted by molar-refractivity contribution is 5.94. The SMILES string of the molecule is Cc1ccccc1-c1c(-c2ccccc2)ccc(C2(N)C=CC(c3ccc(N)cc3)=CC2)c1N. The van der Waals surface area contributed by atoms with Gasteiger partial charge in [-0.2, -0.15) is 0 Å². The quantitative estimate of drug-likeness (QED) is 0.307. The van der Waals surface area contributed by atoms with E-state index in [1.807, 2.05) is 30.3 Å². The summed E-state index contributed by atoms with van der Waals surface area (Å²) in [6.07, 6.45) is 7.01. The molecule has 0 radical (unpaired) electrons. The molecule has 4 aromatic rings. The van der Waals surface area contributed by atoms with Gasteiger partial charge in [0.2, 0.25) is 0 Å². The molecule has 0 bridgehead atoms. The number of aryl methyl sites for hydroxylation is 1. The van der Waals surface area contributed by atoms with Gasteiger partial charge < -0.3 is 17.2 Å². The van der Waals surface area contributed by atoms with E-state index in [0.717, 1.165) is 50.3 Å². The molecule has 6 N–H and O–H groups in total. The summed E-state index contributed by atoms with van der Waals surface area (Å²) in [5, 5.41) is 0. The molecule has 0 spiro atoms. The Kier molecular flexibility index (Phi) is 5.56. The minimum atomic E-state index is -0.686. The third-order valence-corrected chi connectivity index (χ3v) is 6.71. The zero-order valence-electron chi connectivity index (χ0n) is 19.3. The van der Waals surface area contributed by atoms with Crippen LogP contribution in [0.2, 0.25) is 0 Å². The number of benzene rings is 4. The zero-order valence-corrected chi connectivity index (χ0v) is 19.3. The summed E-state index contributed by atoms with van der Waals surface area (Å²) in [6.45, 7) is 2.12. The molecule has 1 aliphatic rings. The lowest BCUT2D eigenvalue weighted by Gasteiger charge is -2.31. The summed E-state index contributed by atoms with van der Waals surface area (Å²) in [5.41, 5.74) is 29.4. The second kappa shape index (κ2) is 8.69. The minimum absolute atomic E-state index is 0.658. The lowest BCUT2D eigenvalue weighted by atomic mass is 9.78. The molecule has 0 fully saturated rings. The molecule has 168 valence electrons. The molecule has 0 aliphatic heterocycles. The van der Waals surface area contributed by atoms with Crippen LogP contribution in [0.1, 0.15) is 23.1 Å². The van der Waals surface area contributed by atoms with E-state index in [2.05, 4.69) is 85.8 Å². The van der Waals surface area contributed by atoms with Gasteiger partial charge in [-0.05, 0) is 64.4 Å². The first-order valence-electron chi connectivity index (χ1n) is 11.5. The summed E-state index contributed by atoms with van der Waals surface area (Å²) >= 11 is 0. The number of rotatable bonds is 4. The maximum Gasteiger partial charge on any atom is 0.0654 e. The molecule has 3 heteroatoms. The summed E-state index contributed by atoms with van der Waals surface area (Å²) in [6, 6.07) is 30.9. The highest BCUT2D eigenvalue weighted by Crippen LogP contribution is 2.44. The third kappa shape index (κ3) is 3.91. The summed E-state index contributed by atoms with van der Waals surface area (Å²) in [4.78, 5) is 0. The summed E-state index contributed by atoms with van der Waals surface area (Å²) in [5.74, 6) is 0. The Morgan fingerprint density at radius 3 is 2.09 bits per heavy atom. The van der Waals surface area contributed by atoms with E-state index in [1.54, 1.807) is 0 Å². The van der Waals surface area contributed by atoms with Crippen molar-refractivity contribution < 1.29 is 0 Å². The highest BCUT2D eigenvalue weighted by Gasteiger charge is 2.30. The van der Waals surface area contributed by atoms with Gasteiger partial charge >= 0.3 is 0 Å². The first-order valence-corrected chi connectivity index (χ1v) is 11.5. The Morgan fingerprint density at radius 2 is 1.41 bits per heavy atom. The second-order valence-corrected chi connectivity index (χ2v) is 8.99. The summed E-state index contributed by atoms with van der Waals surface area (Å²) in [7, 11) is 0. The van der Waals surface area contributed by atoms with Crippen molar-refractivity contribution in [3.8, 4) is 22.3 Å². The monoisotopic (exact) mass is 443 g/mol. The van der Waals surface area contributed by atoms with Gasteiger partial charge in [-0.3, -0.25) is 0 Å². The maximum absolute atomic E-state index is 6.99. The zero-order chi connectivity index (χ0) is 23.7. The predicted octanol–water partition coefficient (Wildman–Crippen LogP) is 6.69. The largest absolute Gasteiger partial charge is 0.399 e. The molecule has 34 heavy (non-hydrogen) atoms. The van der Waals surface area contributed by atoms with Crippen LogP contribution in [0.15, 0.2) is 109 Å². The fraction of sp³-hybridized carbons (Fsp3) is 0.0968. The van der Waals surface area contributed by atoms with Crippen molar-refractivity contribution in [2.45, 2.75) is 18.9 Å². The molecule has 3 nitrogen and oxygen atoms in total.